The van der Waals surface area contributed by atoms with Gasteiger partial charge in [0.1, 0.15) is 25.2 Å². The molecule has 1 fully saturated rings. The number of rotatable bonds is 17. The number of fused-ring (bicyclic) bond motifs is 2. The summed E-state index contributed by atoms with van der Waals surface area (Å²) in [5.74, 6) is 2.16. The lowest BCUT2D eigenvalue weighted by Gasteiger charge is -2.58. The number of ether oxygens (including phenoxy) is 3. The standard InChI is InChI=1S/C33H47NO6S/c1-5-18-38-24-14-15-29-27(21-24)31-25(13-9-11-17-36)23(12-8-10-16-35)20-26-28(34-37-4)22-30(41-7-3)33(40-29,32(26)31)39-19-6-2/h5-6,14-15,20-21,23,25,30-32,35-36H,1-2,7-13,16-19,22H2,3-4H3. The van der Waals surface area contributed by atoms with Gasteiger partial charge in [-0.05, 0) is 67.0 Å². The molecular formula is C33H47NO6S. The topological polar surface area (TPSA) is 89.7 Å². The molecule has 6 atom stereocenters. The van der Waals surface area contributed by atoms with Crippen LogP contribution in [-0.2, 0) is 9.57 Å². The Labute approximate surface area is 249 Å². The van der Waals surface area contributed by atoms with Crippen LogP contribution in [-0.4, -0.2) is 66.3 Å². The molecule has 226 valence electrons. The van der Waals surface area contributed by atoms with Gasteiger partial charge in [-0.15, -0.1) is 6.58 Å². The molecule has 0 radical (unpaired) electrons. The molecule has 1 saturated carbocycles. The van der Waals surface area contributed by atoms with Crippen LogP contribution in [0, 0.1) is 17.8 Å². The van der Waals surface area contributed by atoms with Gasteiger partial charge in [-0.2, -0.15) is 11.8 Å². The van der Waals surface area contributed by atoms with E-state index >= 15 is 0 Å². The molecule has 1 aromatic carbocycles. The molecule has 8 heteroatoms. The molecule has 3 aliphatic rings. The van der Waals surface area contributed by atoms with Gasteiger partial charge < -0.3 is 29.3 Å². The Morgan fingerprint density at radius 1 is 1.10 bits per heavy atom. The highest BCUT2D eigenvalue weighted by atomic mass is 32.2. The molecule has 1 aromatic rings. The monoisotopic (exact) mass is 585 g/mol. The molecule has 1 aliphatic heterocycles. The van der Waals surface area contributed by atoms with E-state index in [0.29, 0.717) is 19.6 Å². The highest BCUT2D eigenvalue weighted by Crippen LogP contribution is 2.62. The molecule has 41 heavy (non-hydrogen) atoms. The summed E-state index contributed by atoms with van der Waals surface area (Å²) >= 11 is 1.84. The summed E-state index contributed by atoms with van der Waals surface area (Å²) in [7, 11) is 1.61. The number of aliphatic hydroxyl groups is 2. The molecule has 1 heterocycles. The Kier molecular flexibility index (Phi) is 11.8. The van der Waals surface area contributed by atoms with Crippen LogP contribution >= 0.6 is 11.8 Å². The van der Waals surface area contributed by atoms with Crippen molar-refractivity contribution >= 4 is 17.5 Å². The Morgan fingerprint density at radius 2 is 1.85 bits per heavy atom. The van der Waals surface area contributed by atoms with Crippen LogP contribution in [0.25, 0.3) is 0 Å². The van der Waals surface area contributed by atoms with E-state index in [1.807, 2.05) is 23.9 Å². The number of allylic oxidation sites excluding steroid dienone is 1. The first-order chi connectivity index (χ1) is 20.1. The smallest absolute Gasteiger partial charge is 0.230 e. The molecule has 0 saturated heterocycles. The van der Waals surface area contributed by atoms with E-state index in [4.69, 9.17) is 19.0 Å². The van der Waals surface area contributed by atoms with Crippen molar-refractivity contribution in [1.82, 2.24) is 0 Å². The predicted molar refractivity (Wildman–Crippen MR) is 166 cm³/mol. The Morgan fingerprint density at radius 3 is 2.54 bits per heavy atom. The number of unbranched alkanes of at least 4 members (excludes halogenated alkanes) is 2. The lowest BCUT2D eigenvalue weighted by Crippen LogP contribution is -2.64. The molecule has 6 unspecified atom stereocenters. The Balaban J connectivity index is 1.95. The van der Waals surface area contributed by atoms with Crippen molar-refractivity contribution in [3.05, 3.63) is 60.7 Å². The highest BCUT2D eigenvalue weighted by Gasteiger charge is 2.63. The summed E-state index contributed by atoms with van der Waals surface area (Å²) in [6, 6.07) is 6.13. The molecule has 0 aromatic heterocycles. The quantitative estimate of drug-likeness (QED) is 0.127. The van der Waals surface area contributed by atoms with Crippen molar-refractivity contribution in [2.24, 2.45) is 22.9 Å². The number of thioether (sulfide) groups is 1. The zero-order valence-electron chi connectivity index (χ0n) is 24.6. The average molecular weight is 586 g/mol. The second kappa shape index (κ2) is 15.3. The van der Waals surface area contributed by atoms with Crippen LogP contribution in [0.1, 0.15) is 63.4 Å². The van der Waals surface area contributed by atoms with Gasteiger partial charge in [0.15, 0.2) is 0 Å². The molecule has 0 bridgehead atoms. The normalized spacial score (nSPS) is 29.1. The van der Waals surface area contributed by atoms with Crippen LogP contribution in [0.15, 0.2) is 60.3 Å². The third-order valence-corrected chi connectivity index (χ3v) is 9.79. The minimum atomic E-state index is -0.903. The molecular weight excluding hydrogens is 538 g/mol. The van der Waals surface area contributed by atoms with Crippen LogP contribution < -0.4 is 9.47 Å². The summed E-state index contributed by atoms with van der Waals surface area (Å²) in [6.07, 6.45) is 12.0. The summed E-state index contributed by atoms with van der Waals surface area (Å²) in [6.45, 7) is 11.1. The molecule has 2 N–H and O–H groups in total. The summed E-state index contributed by atoms with van der Waals surface area (Å²) < 4.78 is 19.8. The van der Waals surface area contributed by atoms with E-state index in [1.165, 1.54) is 0 Å². The largest absolute Gasteiger partial charge is 0.490 e. The summed E-state index contributed by atoms with van der Waals surface area (Å²) in [5.41, 5.74) is 3.22. The van der Waals surface area contributed by atoms with Crippen molar-refractivity contribution in [1.29, 1.82) is 0 Å². The Bertz CT molecular complexity index is 1090. The molecule has 0 amide bonds. The highest BCUT2D eigenvalue weighted by molar-refractivity contribution is 8.00. The van der Waals surface area contributed by atoms with E-state index in [2.05, 4.69) is 37.4 Å². The first kappa shape index (κ1) is 31.7. The van der Waals surface area contributed by atoms with E-state index in [9.17, 15) is 10.2 Å². The van der Waals surface area contributed by atoms with Crippen molar-refractivity contribution < 1.29 is 29.3 Å². The van der Waals surface area contributed by atoms with Gasteiger partial charge >= 0.3 is 0 Å². The van der Waals surface area contributed by atoms with Crippen LogP contribution in [0.4, 0.5) is 0 Å². The third-order valence-electron chi connectivity index (χ3n) is 8.56. The zero-order chi connectivity index (χ0) is 29.2. The maximum Gasteiger partial charge on any atom is 0.230 e. The fourth-order valence-corrected chi connectivity index (χ4v) is 8.21. The number of benzene rings is 1. The maximum atomic E-state index is 9.65. The number of aliphatic hydroxyl groups excluding tert-OH is 2. The van der Waals surface area contributed by atoms with E-state index in [0.717, 1.165) is 72.6 Å². The van der Waals surface area contributed by atoms with Gasteiger partial charge in [0.25, 0.3) is 0 Å². The van der Waals surface area contributed by atoms with Crippen molar-refractivity contribution in [2.45, 2.75) is 68.8 Å². The van der Waals surface area contributed by atoms with Gasteiger partial charge in [-0.25, -0.2) is 0 Å². The first-order valence-electron chi connectivity index (χ1n) is 15.0. The van der Waals surface area contributed by atoms with Gasteiger partial charge in [0, 0.05) is 31.1 Å². The van der Waals surface area contributed by atoms with Gasteiger partial charge in [0.2, 0.25) is 5.79 Å². The molecule has 7 nitrogen and oxygen atoms in total. The number of hydrogen-bond donors (Lipinski definition) is 2. The predicted octanol–water partition coefficient (Wildman–Crippen LogP) is 6.27. The lowest BCUT2D eigenvalue weighted by atomic mass is 9.56. The maximum absolute atomic E-state index is 9.65. The van der Waals surface area contributed by atoms with Crippen molar-refractivity contribution in [3.63, 3.8) is 0 Å². The number of hydrogen-bond acceptors (Lipinski definition) is 8. The van der Waals surface area contributed by atoms with Gasteiger partial charge in [0.05, 0.1) is 23.5 Å². The van der Waals surface area contributed by atoms with E-state index < -0.39 is 5.79 Å². The summed E-state index contributed by atoms with van der Waals surface area (Å²) in [4.78, 5) is 5.42. The minimum Gasteiger partial charge on any atom is -0.490 e. The fraction of sp³-hybridized carbons (Fsp3) is 0.606. The second-order valence-electron chi connectivity index (χ2n) is 11.0. The van der Waals surface area contributed by atoms with Gasteiger partial charge in [-0.1, -0.05) is 49.7 Å². The van der Waals surface area contributed by atoms with Gasteiger partial charge in [-0.3, -0.25) is 0 Å². The van der Waals surface area contributed by atoms with Crippen molar-refractivity contribution in [2.75, 3.05) is 39.3 Å². The van der Waals surface area contributed by atoms with E-state index in [-0.39, 0.29) is 42.1 Å². The fourth-order valence-electron chi connectivity index (χ4n) is 7.03. The van der Waals surface area contributed by atoms with Crippen LogP contribution in [0.5, 0.6) is 11.5 Å². The second-order valence-corrected chi connectivity index (χ2v) is 12.5. The van der Waals surface area contributed by atoms with Crippen LogP contribution in [0.2, 0.25) is 0 Å². The van der Waals surface area contributed by atoms with Crippen molar-refractivity contribution in [3.8, 4) is 11.5 Å². The molecule has 0 spiro atoms. The van der Waals surface area contributed by atoms with Crippen LogP contribution in [0.3, 0.4) is 0 Å². The zero-order valence-corrected chi connectivity index (χ0v) is 25.4. The Hall–Kier alpha value is -2.26. The first-order valence-corrected chi connectivity index (χ1v) is 16.1. The third kappa shape index (κ3) is 6.71. The molecule has 4 rings (SSSR count). The summed E-state index contributed by atoms with van der Waals surface area (Å²) in [5, 5.41) is 23.8. The average Bonchev–Trinajstić information content (AvgIpc) is 2.98. The SMILES string of the molecule is C=CCOc1ccc2c(c1)C1C(CCCCO)C(CCCCO)C=C3C(=NOC)CC(SCC)C(OCC=C)(O2)C31. The lowest BCUT2D eigenvalue weighted by molar-refractivity contribution is -0.223. The molecule has 2 aliphatic carbocycles. The number of nitrogens with zero attached hydrogens (tertiary/aromatic N) is 1. The number of oxime groups is 1. The minimum absolute atomic E-state index is 0.000118. The van der Waals surface area contributed by atoms with E-state index in [1.54, 1.807) is 19.3 Å².